The van der Waals surface area contributed by atoms with Crippen molar-refractivity contribution < 1.29 is 9.60 Å². The summed E-state index contributed by atoms with van der Waals surface area (Å²) in [5.74, 6) is 0. The van der Waals surface area contributed by atoms with Gasteiger partial charge < -0.3 is 9.47 Å². The fraction of sp³-hybridized carbons (Fsp3) is 0.0256. The van der Waals surface area contributed by atoms with Crippen molar-refractivity contribution in [1.29, 1.82) is 0 Å². The summed E-state index contributed by atoms with van der Waals surface area (Å²) in [5, 5.41) is 1.95. The number of rotatable bonds is 7. The summed E-state index contributed by atoms with van der Waals surface area (Å²) in [6.07, 6.45) is 0. The first-order valence-electron chi connectivity index (χ1n) is 30.8. The smallest absolute Gasteiger partial charge is 0.0734 e. The summed E-state index contributed by atoms with van der Waals surface area (Å²) in [6, 6.07) is 91.4. The highest BCUT2D eigenvalue weighted by Crippen LogP contribution is 2.64. The van der Waals surface area contributed by atoms with Crippen LogP contribution in [0.1, 0.15) is 54.1 Å². The van der Waals surface area contributed by atoms with Gasteiger partial charge in [0.2, 0.25) is 0 Å². The van der Waals surface area contributed by atoms with Gasteiger partial charge in [-0.2, -0.15) is 0 Å². The first-order chi connectivity index (χ1) is 42.6. The average Bonchev–Trinajstić information content (AvgIpc) is 1.55. The Morgan fingerprint density at radius 2 is 0.812 bits per heavy atom. The minimum Gasteiger partial charge on any atom is -0.310 e. The third-order valence-electron chi connectivity index (χ3n) is 17.5. The summed E-state index contributed by atoms with van der Waals surface area (Å²) in [6.45, 7) is 0. The number of aromatic nitrogens is 1. The van der Waals surface area contributed by atoms with Crippen molar-refractivity contribution in [1.82, 2.24) is 4.57 Å². The normalized spacial score (nSPS) is 14.9. The number of hydrogen-bond donors (Lipinski definition) is 0. The molecule has 3 aliphatic rings. The second-order valence-electron chi connectivity index (χ2n) is 21.3. The van der Waals surface area contributed by atoms with Gasteiger partial charge in [-0.1, -0.05) is 243 Å². The molecule has 0 radical (unpaired) electrons. The Hall–Kier alpha value is -10.3. The molecule has 0 amide bonds. The van der Waals surface area contributed by atoms with E-state index in [9.17, 15) is 2.74 Å². The molecule has 0 saturated heterocycles. The van der Waals surface area contributed by atoms with E-state index in [1.807, 2.05) is 24.3 Å². The van der Waals surface area contributed by atoms with Crippen LogP contribution in [0.15, 0.2) is 303 Å². The number of hydrogen-bond acceptors (Lipinski definition) is 1. The third kappa shape index (κ3) is 6.08. The highest BCUT2D eigenvalue weighted by atomic mass is 15.1. The van der Waals surface area contributed by atoms with Gasteiger partial charge in [-0.3, -0.25) is 0 Å². The molecule has 2 nitrogen and oxygen atoms in total. The van der Waals surface area contributed by atoms with E-state index in [4.69, 9.17) is 6.85 Å². The van der Waals surface area contributed by atoms with Gasteiger partial charge >= 0.3 is 0 Å². The molecule has 80 heavy (non-hydrogen) atoms. The SMILES string of the molecule is [2H]c1c([2H])c([2H])c2c([2H])c(-c3ccc(N(c4ccc5c(c4)-c4ccccc4C54c5ccccc5-c5ccccc54)c4ccc5c(c4)c4cccc(C6(c7ccccc7)c7ccccc7-c7ccccc76)c4n5-c4ccccc4)cc3)c([2H])c([2H])c2c1[2H]. The van der Waals surface area contributed by atoms with Crippen LogP contribution < -0.4 is 4.90 Å². The average molecular weight is 1020 g/mol. The molecule has 0 atom stereocenters. The number of nitrogens with zero attached hydrogens (tertiary/aromatic N) is 2. The molecule has 1 spiro atoms. The summed E-state index contributed by atoms with van der Waals surface area (Å²) >= 11 is 0. The van der Waals surface area contributed by atoms with E-state index in [1.165, 1.54) is 72.3 Å². The molecule has 0 unspecified atom stereocenters. The third-order valence-corrected chi connectivity index (χ3v) is 17.5. The Labute approximate surface area is 475 Å². The summed E-state index contributed by atoms with van der Waals surface area (Å²) in [7, 11) is 0. The number of para-hydroxylation sites is 2. The molecular formula is C78H50N2. The van der Waals surface area contributed by atoms with Gasteiger partial charge in [-0.05, 0) is 160 Å². The molecule has 3 aliphatic carbocycles. The first-order valence-corrected chi connectivity index (χ1v) is 27.3. The van der Waals surface area contributed by atoms with Crippen LogP contribution in [0.3, 0.4) is 0 Å². The van der Waals surface area contributed by atoms with E-state index < -0.39 is 35.0 Å². The standard InChI is InChI=1S/C78H50N2/c1-3-22-55(23-4-1)77(68-32-14-9-26-60(68)61-27-10-15-33-69(61)77)74-37-19-31-65-67-50-59(45-47-75(67)80(76(65)74)56-24-5-2-6-25-56)79(57-42-40-52(41-43-57)54-39-38-51-20-7-8-21-53(51)48-54)58-44-46-73-66(49-58)64-30-13-18-36-72(64)78(73)70-34-16-11-28-62(70)63-29-12-17-35-71(63)78/h1-50H/i7D,8D,20D,21D,38D,39D,48D. The van der Waals surface area contributed by atoms with Crippen LogP contribution in [0.25, 0.3) is 82.8 Å². The molecule has 372 valence electrons. The van der Waals surface area contributed by atoms with Crippen LogP contribution in [0, 0.1) is 0 Å². The maximum atomic E-state index is 9.46. The Morgan fingerprint density at radius 1 is 0.325 bits per heavy atom. The zero-order valence-corrected chi connectivity index (χ0v) is 43.2. The van der Waals surface area contributed by atoms with Crippen LogP contribution in [-0.4, -0.2) is 4.57 Å². The van der Waals surface area contributed by atoms with Crippen LogP contribution in [-0.2, 0) is 10.8 Å². The fourth-order valence-corrected chi connectivity index (χ4v) is 14.4. The second kappa shape index (κ2) is 17.1. The maximum absolute atomic E-state index is 9.46. The quantitative estimate of drug-likeness (QED) is 0.154. The molecule has 0 bridgehead atoms. The van der Waals surface area contributed by atoms with Crippen molar-refractivity contribution in [3.63, 3.8) is 0 Å². The lowest BCUT2D eigenvalue weighted by Gasteiger charge is -2.34. The molecule has 1 heterocycles. The van der Waals surface area contributed by atoms with Gasteiger partial charge in [0.1, 0.15) is 0 Å². The molecule has 0 fully saturated rings. The van der Waals surface area contributed by atoms with Crippen LogP contribution in [0.5, 0.6) is 0 Å². The fourth-order valence-electron chi connectivity index (χ4n) is 14.4. The van der Waals surface area contributed by atoms with Crippen molar-refractivity contribution in [2.45, 2.75) is 10.8 Å². The Balaban J connectivity index is 0.923. The Bertz CT molecular complexity index is 5170. The Morgan fingerprint density at radius 3 is 1.44 bits per heavy atom. The minimum atomic E-state index is -0.687. The molecule has 0 saturated carbocycles. The van der Waals surface area contributed by atoms with Gasteiger partial charge in [-0.15, -0.1) is 0 Å². The number of fused-ring (bicyclic) bond motifs is 17. The summed E-state index contributed by atoms with van der Waals surface area (Å²) in [4.78, 5) is 2.29. The van der Waals surface area contributed by atoms with E-state index in [1.54, 1.807) is 0 Å². The lowest BCUT2D eigenvalue weighted by atomic mass is 9.67. The van der Waals surface area contributed by atoms with Crippen LogP contribution >= 0.6 is 0 Å². The van der Waals surface area contributed by atoms with Crippen molar-refractivity contribution in [2.24, 2.45) is 0 Å². The number of benzene rings is 13. The molecule has 0 aliphatic heterocycles. The van der Waals surface area contributed by atoms with E-state index in [0.717, 1.165) is 50.1 Å². The van der Waals surface area contributed by atoms with Crippen molar-refractivity contribution in [3.8, 4) is 50.2 Å². The molecule has 0 N–H and O–H groups in total. The van der Waals surface area contributed by atoms with Gasteiger partial charge in [0.05, 0.1) is 31.5 Å². The van der Waals surface area contributed by atoms with E-state index >= 15 is 0 Å². The van der Waals surface area contributed by atoms with Crippen molar-refractivity contribution >= 4 is 49.6 Å². The Kier molecular flexibility index (Phi) is 8.19. The summed E-state index contributed by atoms with van der Waals surface area (Å²) in [5.41, 5.74) is 22.2. The molecule has 1 aromatic heterocycles. The summed E-state index contributed by atoms with van der Waals surface area (Å²) < 4.78 is 64.7. The lowest BCUT2D eigenvalue weighted by Crippen LogP contribution is -2.29. The van der Waals surface area contributed by atoms with Crippen molar-refractivity contribution in [3.05, 3.63) is 348 Å². The zero-order valence-electron chi connectivity index (χ0n) is 50.2. The van der Waals surface area contributed by atoms with Crippen LogP contribution in [0.4, 0.5) is 17.1 Å². The predicted molar refractivity (Wildman–Crippen MR) is 332 cm³/mol. The minimum absolute atomic E-state index is 0.0754. The number of anilines is 3. The van der Waals surface area contributed by atoms with E-state index in [-0.39, 0.29) is 34.5 Å². The predicted octanol–water partition coefficient (Wildman–Crippen LogP) is 19.8. The highest BCUT2D eigenvalue weighted by molar-refractivity contribution is 6.13. The maximum Gasteiger partial charge on any atom is 0.0734 e. The van der Waals surface area contributed by atoms with E-state index in [2.05, 4.69) is 246 Å². The van der Waals surface area contributed by atoms with E-state index in [0.29, 0.717) is 5.56 Å². The van der Waals surface area contributed by atoms with Crippen molar-refractivity contribution in [2.75, 3.05) is 4.90 Å². The topological polar surface area (TPSA) is 8.17 Å². The van der Waals surface area contributed by atoms with Gasteiger partial charge in [0.25, 0.3) is 0 Å². The molecule has 14 aromatic rings. The molecule has 17 rings (SSSR count). The highest BCUT2D eigenvalue weighted by Gasteiger charge is 2.52. The zero-order chi connectivity index (χ0) is 58.6. The largest absolute Gasteiger partial charge is 0.310 e. The van der Waals surface area contributed by atoms with Crippen LogP contribution in [0.2, 0.25) is 0 Å². The monoisotopic (exact) mass is 1020 g/mol. The first kappa shape index (κ1) is 38.3. The second-order valence-corrected chi connectivity index (χ2v) is 21.3. The van der Waals surface area contributed by atoms with Gasteiger partial charge in [0, 0.05) is 33.5 Å². The lowest BCUT2D eigenvalue weighted by molar-refractivity contribution is 0.772. The van der Waals surface area contributed by atoms with Gasteiger partial charge in [-0.25, -0.2) is 0 Å². The molecule has 2 heteroatoms. The van der Waals surface area contributed by atoms with Gasteiger partial charge in [0.15, 0.2) is 0 Å². The molecule has 13 aromatic carbocycles. The molecular weight excluding hydrogens is 965 g/mol.